The average molecular weight is 252 g/mol. The third-order valence-electron chi connectivity index (χ3n) is 3.64. The van der Waals surface area contributed by atoms with E-state index in [-0.39, 0.29) is 5.92 Å². The number of aliphatic hydroxyl groups is 1. The highest BCUT2D eigenvalue weighted by Gasteiger charge is 2.25. The normalized spacial score (nSPS) is 20.9. The lowest BCUT2D eigenvalue weighted by Crippen LogP contribution is -2.13. The Labute approximate surface area is 113 Å². The molecule has 0 amide bonds. The molecule has 0 aromatic heterocycles. The molecule has 0 bridgehead atoms. The molecule has 1 aliphatic carbocycles. The lowest BCUT2D eigenvalue weighted by atomic mass is 9.83. The third kappa shape index (κ3) is 2.15. The Hall–Kier alpha value is -2.06. The number of hydrogen-bond donors (Lipinski definition) is 1. The highest BCUT2D eigenvalue weighted by molar-refractivity contribution is 5.60. The third-order valence-corrected chi connectivity index (χ3v) is 3.64. The minimum Gasteiger partial charge on any atom is -0.497 e. The zero-order valence-electron chi connectivity index (χ0n) is 10.8. The molecule has 0 saturated heterocycles. The van der Waals surface area contributed by atoms with Crippen molar-refractivity contribution in [2.24, 2.45) is 0 Å². The number of ether oxygens (including phenoxy) is 1. The summed E-state index contributed by atoms with van der Waals surface area (Å²) in [5, 5.41) is 10.5. The molecule has 0 unspecified atom stereocenters. The van der Waals surface area contributed by atoms with Gasteiger partial charge in [-0.3, -0.25) is 0 Å². The largest absolute Gasteiger partial charge is 0.497 e. The molecule has 2 nitrogen and oxygen atoms in total. The molecule has 0 spiro atoms. The van der Waals surface area contributed by atoms with Crippen LogP contribution in [0.15, 0.2) is 54.6 Å². The minimum atomic E-state index is -0.491. The lowest BCUT2D eigenvalue weighted by molar-refractivity contribution is 0.160. The second-order valence-electron chi connectivity index (χ2n) is 4.73. The van der Waals surface area contributed by atoms with Gasteiger partial charge in [-0.05, 0) is 28.8 Å². The van der Waals surface area contributed by atoms with Crippen LogP contribution in [0, 0.1) is 0 Å². The maximum atomic E-state index is 10.5. The van der Waals surface area contributed by atoms with Crippen molar-refractivity contribution >= 4 is 6.08 Å². The predicted molar refractivity (Wildman–Crippen MR) is 76.2 cm³/mol. The molecular formula is C17H16O2. The van der Waals surface area contributed by atoms with Crippen molar-refractivity contribution < 1.29 is 9.84 Å². The Bertz CT molecular complexity index is 599. The molecule has 0 saturated carbocycles. The van der Waals surface area contributed by atoms with Crippen LogP contribution < -0.4 is 4.74 Å². The van der Waals surface area contributed by atoms with Gasteiger partial charge in [0.25, 0.3) is 0 Å². The summed E-state index contributed by atoms with van der Waals surface area (Å²) in [6, 6.07) is 15.8. The van der Waals surface area contributed by atoms with Crippen molar-refractivity contribution in [2.75, 3.05) is 7.11 Å². The molecule has 3 rings (SSSR count). The van der Waals surface area contributed by atoms with Crippen molar-refractivity contribution in [3.63, 3.8) is 0 Å². The molecule has 2 atom stereocenters. The van der Waals surface area contributed by atoms with Gasteiger partial charge in [-0.2, -0.15) is 0 Å². The summed E-state index contributed by atoms with van der Waals surface area (Å²) in [6.07, 6.45) is 3.65. The van der Waals surface area contributed by atoms with Gasteiger partial charge in [0.05, 0.1) is 13.2 Å². The maximum Gasteiger partial charge on any atom is 0.118 e. The molecule has 0 fully saturated rings. The highest BCUT2D eigenvalue weighted by atomic mass is 16.5. The monoisotopic (exact) mass is 252 g/mol. The van der Waals surface area contributed by atoms with Crippen LogP contribution in [0.25, 0.3) is 6.08 Å². The second kappa shape index (κ2) is 4.90. The van der Waals surface area contributed by atoms with Gasteiger partial charge in [-0.25, -0.2) is 0 Å². The summed E-state index contributed by atoms with van der Waals surface area (Å²) in [7, 11) is 1.65. The fourth-order valence-corrected chi connectivity index (χ4v) is 2.56. The molecule has 96 valence electrons. The first-order valence-corrected chi connectivity index (χ1v) is 6.39. The van der Waals surface area contributed by atoms with Gasteiger partial charge in [0.2, 0.25) is 0 Å². The summed E-state index contributed by atoms with van der Waals surface area (Å²) < 4.78 is 5.16. The van der Waals surface area contributed by atoms with Gasteiger partial charge in [0, 0.05) is 5.92 Å². The average Bonchev–Trinajstić information content (AvgIpc) is 2.48. The van der Waals surface area contributed by atoms with Crippen LogP contribution in [0.5, 0.6) is 5.75 Å². The highest BCUT2D eigenvalue weighted by Crippen LogP contribution is 2.38. The summed E-state index contributed by atoms with van der Waals surface area (Å²) in [5.41, 5.74) is 3.18. The molecule has 2 heteroatoms. The van der Waals surface area contributed by atoms with Crippen molar-refractivity contribution in [3.05, 3.63) is 71.3 Å². The molecule has 0 heterocycles. The number of rotatable bonds is 2. The molecule has 19 heavy (non-hydrogen) atoms. The van der Waals surface area contributed by atoms with Crippen LogP contribution in [-0.4, -0.2) is 12.2 Å². The van der Waals surface area contributed by atoms with E-state index in [4.69, 9.17) is 4.74 Å². The van der Waals surface area contributed by atoms with E-state index in [0.29, 0.717) is 0 Å². The van der Waals surface area contributed by atoms with E-state index in [1.807, 2.05) is 48.5 Å². The number of fused-ring (bicyclic) bond motifs is 1. The van der Waals surface area contributed by atoms with Crippen molar-refractivity contribution in [2.45, 2.75) is 12.0 Å². The quantitative estimate of drug-likeness (QED) is 0.885. The van der Waals surface area contributed by atoms with Gasteiger partial charge in [-0.15, -0.1) is 0 Å². The number of methoxy groups -OCH3 is 1. The SMILES string of the molecule is COc1ccc([C@H]2C=Cc3ccccc3[C@H]2O)cc1. The molecule has 1 aliphatic rings. The first kappa shape index (κ1) is 12.0. The maximum absolute atomic E-state index is 10.5. The van der Waals surface area contributed by atoms with E-state index in [2.05, 4.69) is 12.2 Å². The molecule has 0 radical (unpaired) electrons. The molecular weight excluding hydrogens is 236 g/mol. The number of benzene rings is 2. The van der Waals surface area contributed by atoms with Crippen LogP contribution >= 0.6 is 0 Å². The van der Waals surface area contributed by atoms with Gasteiger partial charge >= 0.3 is 0 Å². The van der Waals surface area contributed by atoms with Crippen LogP contribution in [0.2, 0.25) is 0 Å². The van der Waals surface area contributed by atoms with E-state index in [1.54, 1.807) is 7.11 Å². The Kier molecular flexibility index (Phi) is 3.10. The Morgan fingerprint density at radius 2 is 1.74 bits per heavy atom. The standard InChI is InChI=1S/C17H16O2/c1-19-14-9-6-13(7-10-14)16-11-8-12-4-2-3-5-15(12)17(16)18/h2-11,16-18H,1H3/t16-,17-/m1/s1. The van der Waals surface area contributed by atoms with Gasteiger partial charge in [0.15, 0.2) is 0 Å². The first-order valence-electron chi connectivity index (χ1n) is 6.39. The minimum absolute atomic E-state index is 0.000746. The first-order chi connectivity index (χ1) is 9.29. The van der Waals surface area contributed by atoms with Gasteiger partial charge in [0.1, 0.15) is 5.75 Å². The topological polar surface area (TPSA) is 29.5 Å². The van der Waals surface area contributed by atoms with Crippen molar-refractivity contribution in [3.8, 4) is 5.75 Å². The molecule has 2 aromatic rings. The van der Waals surface area contributed by atoms with E-state index in [0.717, 1.165) is 22.4 Å². The summed E-state index contributed by atoms with van der Waals surface area (Å²) in [6.45, 7) is 0. The van der Waals surface area contributed by atoms with Crippen LogP contribution in [0.3, 0.4) is 0 Å². The summed E-state index contributed by atoms with van der Waals surface area (Å²) in [4.78, 5) is 0. The predicted octanol–water partition coefficient (Wildman–Crippen LogP) is 3.54. The molecule has 2 aromatic carbocycles. The van der Waals surface area contributed by atoms with E-state index in [9.17, 15) is 5.11 Å². The Morgan fingerprint density at radius 3 is 2.47 bits per heavy atom. The number of hydrogen-bond acceptors (Lipinski definition) is 2. The molecule has 1 N–H and O–H groups in total. The van der Waals surface area contributed by atoms with Crippen molar-refractivity contribution in [1.82, 2.24) is 0 Å². The van der Waals surface area contributed by atoms with Crippen molar-refractivity contribution in [1.29, 1.82) is 0 Å². The number of aliphatic hydroxyl groups excluding tert-OH is 1. The lowest BCUT2D eigenvalue weighted by Gasteiger charge is -2.26. The zero-order chi connectivity index (χ0) is 13.2. The Balaban J connectivity index is 1.95. The summed E-state index contributed by atoms with van der Waals surface area (Å²) in [5.74, 6) is 0.833. The molecule has 0 aliphatic heterocycles. The van der Waals surface area contributed by atoms with Crippen LogP contribution in [-0.2, 0) is 0 Å². The van der Waals surface area contributed by atoms with Crippen LogP contribution in [0.1, 0.15) is 28.7 Å². The van der Waals surface area contributed by atoms with Crippen LogP contribution in [0.4, 0.5) is 0 Å². The van der Waals surface area contributed by atoms with Gasteiger partial charge in [-0.1, -0.05) is 48.6 Å². The second-order valence-corrected chi connectivity index (χ2v) is 4.73. The zero-order valence-corrected chi connectivity index (χ0v) is 10.8. The Morgan fingerprint density at radius 1 is 1.00 bits per heavy atom. The fraction of sp³-hybridized carbons (Fsp3) is 0.176. The summed E-state index contributed by atoms with van der Waals surface area (Å²) >= 11 is 0. The van der Waals surface area contributed by atoms with E-state index < -0.39 is 6.10 Å². The smallest absolute Gasteiger partial charge is 0.118 e. The van der Waals surface area contributed by atoms with E-state index >= 15 is 0 Å². The van der Waals surface area contributed by atoms with E-state index in [1.165, 1.54) is 0 Å². The van der Waals surface area contributed by atoms with Gasteiger partial charge < -0.3 is 9.84 Å². The fourth-order valence-electron chi connectivity index (χ4n) is 2.56.